The van der Waals surface area contributed by atoms with E-state index in [1.54, 1.807) is 11.8 Å². The molecule has 0 saturated heterocycles. The van der Waals surface area contributed by atoms with Gasteiger partial charge in [0.15, 0.2) is 5.17 Å². The number of hydrogen-bond donors (Lipinski definition) is 1. The molecule has 0 spiro atoms. The molecule has 0 aliphatic carbocycles. The fourth-order valence-electron chi connectivity index (χ4n) is 1.53. The summed E-state index contributed by atoms with van der Waals surface area (Å²) in [6.45, 7) is 4.34. The van der Waals surface area contributed by atoms with Crippen molar-refractivity contribution in [1.29, 1.82) is 0 Å². The van der Waals surface area contributed by atoms with E-state index in [0.29, 0.717) is 0 Å². The summed E-state index contributed by atoms with van der Waals surface area (Å²) >= 11 is 8.77. The summed E-state index contributed by atoms with van der Waals surface area (Å²) in [4.78, 5) is 4.71. The fourth-order valence-corrected chi connectivity index (χ4v) is 3.97. The first-order valence-corrected chi connectivity index (χ1v) is 7.98. The maximum absolute atomic E-state index is 4.71. The van der Waals surface area contributed by atoms with Gasteiger partial charge in [-0.05, 0) is 54.4 Å². The zero-order valence-corrected chi connectivity index (χ0v) is 13.7. The summed E-state index contributed by atoms with van der Waals surface area (Å²) in [7, 11) is 0. The molecular weight excluding hydrogens is 364 g/mol. The van der Waals surface area contributed by atoms with Crippen molar-refractivity contribution >= 4 is 54.5 Å². The largest absolute Gasteiger partial charge is 0.334 e. The van der Waals surface area contributed by atoms with Gasteiger partial charge in [-0.15, -0.1) is 0 Å². The number of nitrogens with one attached hydrogen (secondary N) is 1. The van der Waals surface area contributed by atoms with E-state index in [2.05, 4.69) is 51.0 Å². The van der Waals surface area contributed by atoms with Crippen LogP contribution in [0.3, 0.4) is 0 Å². The van der Waals surface area contributed by atoms with Gasteiger partial charge in [0, 0.05) is 14.7 Å². The van der Waals surface area contributed by atoms with Crippen molar-refractivity contribution in [2.24, 2.45) is 4.99 Å². The Morgan fingerprint density at radius 3 is 2.76 bits per heavy atom. The molecule has 1 aromatic carbocycles. The number of thioether (sulfide) groups is 1. The summed E-state index contributed by atoms with van der Waals surface area (Å²) in [5.74, 6) is 1.12. The van der Waals surface area contributed by atoms with Crippen molar-refractivity contribution in [3.05, 3.63) is 27.1 Å². The van der Waals surface area contributed by atoms with Gasteiger partial charge in [-0.2, -0.15) is 0 Å². The molecule has 0 aromatic heterocycles. The molecule has 1 heterocycles. The van der Waals surface area contributed by atoms with E-state index < -0.39 is 0 Å². The van der Waals surface area contributed by atoms with Crippen LogP contribution in [0.25, 0.3) is 0 Å². The first-order valence-electron chi connectivity index (χ1n) is 5.41. The SMILES string of the molecule is CC1(C)CCSC(Nc2ccc(Br)cc2Br)=N1. The molecule has 2 rings (SSSR count). The molecular formula is C12H14Br2N2S. The van der Waals surface area contributed by atoms with Crippen molar-refractivity contribution in [2.45, 2.75) is 25.8 Å². The lowest BCUT2D eigenvalue weighted by Crippen LogP contribution is -2.27. The van der Waals surface area contributed by atoms with Gasteiger partial charge in [-0.1, -0.05) is 27.7 Å². The van der Waals surface area contributed by atoms with Gasteiger partial charge in [-0.3, -0.25) is 4.99 Å². The average Bonchev–Trinajstić information content (AvgIpc) is 2.21. The molecule has 0 atom stereocenters. The Kier molecular flexibility index (Phi) is 4.21. The molecule has 2 nitrogen and oxygen atoms in total. The highest BCUT2D eigenvalue weighted by Crippen LogP contribution is 2.30. The Morgan fingerprint density at radius 1 is 1.35 bits per heavy atom. The van der Waals surface area contributed by atoms with Crippen LogP contribution < -0.4 is 5.32 Å². The minimum absolute atomic E-state index is 0.0510. The van der Waals surface area contributed by atoms with Crippen LogP contribution in [-0.2, 0) is 0 Å². The van der Waals surface area contributed by atoms with Crippen molar-refractivity contribution < 1.29 is 0 Å². The highest BCUT2D eigenvalue weighted by atomic mass is 79.9. The lowest BCUT2D eigenvalue weighted by Gasteiger charge is -2.26. The molecule has 0 unspecified atom stereocenters. The highest BCUT2D eigenvalue weighted by Gasteiger charge is 2.22. The number of aliphatic imine (C=N–C) groups is 1. The lowest BCUT2D eigenvalue weighted by atomic mass is 10.0. The summed E-state index contributed by atoms with van der Waals surface area (Å²) < 4.78 is 2.10. The Labute approximate surface area is 123 Å². The Morgan fingerprint density at radius 2 is 2.12 bits per heavy atom. The van der Waals surface area contributed by atoms with Gasteiger partial charge in [0.25, 0.3) is 0 Å². The topological polar surface area (TPSA) is 24.4 Å². The van der Waals surface area contributed by atoms with Gasteiger partial charge in [0.2, 0.25) is 0 Å². The molecule has 1 aromatic rings. The molecule has 92 valence electrons. The Balaban J connectivity index is 2.18. The molecule has 1 N–H and O–H groups in total. The van der Waals surface area contributed by atoms with Crippen LogP contribution >= 0.6 is 43.6 Å². The average molecular weight is 378 g/mol. The molecule has 5 heteroatoms. The number of benzene rings is 1. The van der Waals surface area contributed by atoms with Gasteiger partial charge < -0.3 is 5.32 Å². The smallest absolute Gasteiger partial charge is 0.161 e. The highest BCUT2D eigenvalue weighted by molar-refractivity contribution is 9.11. The fraction of sp³-hybridized carbons (Fsp3) is 0.417. The summed E-state index contributed by atoms with van der Waals surface area (Å²) in [5.41, 5.74) is 1.10. The van der Waals surface area contributed by atoms with Crippen LogP contribution in [0.4, 0.5) is 5.69 Å². The Hall–Kier alpha value is -0.0000000000000000555. The van der Waals surface area contributed by atoms with E-state index in [1.807, 2.05) is 18.2 Å². The normalized spacial score (nSPS) is 18.7. The number of nitrogens with zero attached hydrogens (tertiary/aromatic N) is 1. The van der Waals surface area contributed by atoms with Crippen LogP contribution in [0.1, 0.15) is 20.3 Å². The number of anilines is 1. The molecule has 0 bridgehead atoms. The molecule has 1 aliphatic heterocycles. The minimum Gasteiger partial charge on any atom is -0.334 e. The van der Waals surface area contributed by atoms with Crippen molar-refractivity contribution in [3.63, 3.8) is 0 Å². The number of amidine groups is 1. The van der Waals surface area contributed by atoms with Crippen LogP contribution in [0.5, 0.6) is 0 Å². The monoisotopic (exact) mass is 376 g/mol. The van der Waals surface area contributed by atoms with E-state index in [1.165, 1.54) is 0 Å². The van der Waals surface area contributed by atoms with E-state index in [9.17, 15) is 0 Å². The van der Waals surface area contributed by atoms with Crippen LogP contribution in [-0.4, -0.2) is 16.5 Å². The predicted molar refractivity (Wildman–Crippen MR) is 84.1 cm³/mol. The molecule has 0 saturated carbocycles. The first-order chi connectivity index (χ1) is 7.96. The third kappa shape index (κ3) is 3.73. The lowest BCUT2D eigenvalue weighted by molar-refractivity contribution is 0.507. The van der Waals surface area contributed by atoms with E-state index in [0.717, 1.165) is 32.0 Å². The second-order valence-corrected chi connectivity index (χ2v) is 7.43. The standard InChI is InChI=1S/C12H14Br2N2S/c1-12(2)5-6-17-11(16-12)15-10-4-3-8(13)7-9(10)14/h3-4,7H,5-6H2,1-2H3,(H,15,16). The van der Waals surface area contributed by atoms with E-state index >= 15 is 0 Å². The predicted octanol–water partition coefficient (Wildman–Crippen LogP) is 4.90. The number of hydrogen-bond acceptors (Lipinski definition) is 3. The quantitative estimate of drug-likeness (QED) is 0.752. The van der Waals surface area contributed by atoms with Crippen LogP contribution in [0.2, 0.25) is 0 Å². The summed E-state index contributed by atoms with van der Waals surface area (Å²) in [5, 5.41) is 4.38. The molecule has 1 aliphatic rings. The first kappa shape index (κ1) is 13.4. The Bertz CT molecular complexity index is 458. The zero-order chi connectivity index (χ0) is 12.5. The second kappa shape index (κ2) is 5.33. The van der Waals surface area contributed by atoms with Gasteiger partial charge in [0.05, 0.1) is 11.2 Å². The van der Waals surface area contributed by atoms with Crippen molar-refractivity contribution in [3.8, 4) is 0 Å². The molecule has 0 radical (unpaired) electrons. The maximum Gasteiger partial charge on any atom is 0.161 e. The summed E-state index contributed by atoms with van der Waals surface area (Å²) in [6.07, 6.45) is 1.13. The third-order valence-corrected chi connectivity index (χ3v) is 4.55. The number of rotatable bonds is 1. The third-order valence-electron chi connectivity index (χ3n) is 2.53. The van der Waals surface area contributed by atoms with Gasteiger partial charge in [-0.25, -0.2) is 0 Å². The van der Waals surface area contributed by atoms with Crippen molar-refractivity contribution in [2.75, 3.05) is 11.1 Å². The minimum atomic E-state index is 0.0510. The summed E-state index contributed by atoms with van der Waals surface area (Å²) in [6, 6.07) is 6.09. The zero-order valence-electron chi connectivity index (χ0n) is 9.76. The molecule has 0 fully saturated rings. The van der Waals surface area contributed by atoms with Crippen LogP contribution in [0, 0.1) is 0 Å². The van der Waals surface area contributed by atoms with Gasteiger partial charge in [0.1, 0.15) is 0 Å². The number of halogens is 2. The van der Waals surface area contributed by atoms with Crippen LogP contribution in [0.15, 0.2) is 32.1 Å². The van der Waals surface area contributed by atoms with E-state index in [4.69, 9.17) is 4.99 Å². The second-order valence-electron chi connectivity index (χ2n) is 4.58. The van der Waals surface area contributed by atoms with Crippen molar-refractivity contribution in [1.82, 2.24) is 0 Å². The molecule has 0 amide bonds. The van der Waals surface area contributed by atoms with Gasteiger partial charge >= 0.3 is 0 Å². The maximum atomic E-state index is 4.71. The molecule has 17 heavy (non-hydrogen) atoms. The van der Waals surface area contributed by atoms with E-state index in [-0.39, 0.29) is 5.54 Å².